The fraction of sp³-hybridized carbons (Fsp3) is 0.0560. The summed E-state index contributed by atoms with van der Waals surface area (Å²) in [6.45, 7) is 4.16. The van der Waals surface area contributed by atoms with Gasteiger partial charge in [0, 0.05) is 130 Å². The molecule has 137 heavy (non-hydrogen) atoms. The Morgan fingerprint density at radius 2 is 0.438 bits per heavy atom. The van der Waals surface area contributed by atoms with Crippen LogP contribution in [0, 0.1) is 55.5 Å². The summed E-state index contributed by atoms with van der Waals surface area (Å²) >= 11 is 0. The third kappa shape index (κ3) is 31.9. The van der Waals surface area contributed by atoms with E-state index in [1.807, 2.05) is 347 Å². The van der Waals surface area contributed by atoms with Gasteiger partial charge in [0.1, 0.15) is 0 Å². The fourth-order valence-corrected chi connectivity index (χ4v) is 14.4. The van der Waals surface area contributed by atoms with E-state index in [1.165, 1.54) is 86.9 Å². The van der Waals surface area contributed by atoms with Crippen molar-refractivity contribution in [2.45, 2.75) is 46.0 Å². The predicted octanol–water partition coefficient (Wildman–Crippen LogP) is 30.5. The Balaban J connectivity index is 0.000000151. The van der Waals surface area contributed by atoms with E-state index in [9.17, 15) is 0 Å². The number of hydrogen-bond donors (Lipinski definition) is 0. The van der Waals surface area contributed by atoms with Crippen LogP contribution in [0.3, 0.4) is 0 Å². The summed E-state index contributed by atoms with van der Waals surface area (Å²) in [5.74, 6) is 0. The number of aryl methyl sites for hydroxylation is 4. The maximum absolute atomic E-state index is 4.61. The van der Waals surface area contributed by atoms with Gasteiger partial charge >= 0.3 is 0 Å². The second-order valence-electron chi connectivity index (χ2n) is 30.9. The van der Waals surface area contributed by atoms with Gasteiger partial charge in [-0.1, -0.05) is 237 Å². The minimum Gasteiger partial charge on any atom is -0.305 e. The number of fused-ring (bicyclic) bond motifs is 1. The van der Waals surface area contributed by atoms with Crippen LogP contribution in [-0.4, -0.2) is 39.9 Å². The van der Waals surface area contributed by atoms with Gasteiger partial charge in [0.15, 0.2) is 0 Å². The molecule has 21 aromatic rings. The molecule has 0 N–H and O–H groups in total. The van der Waals surface area contributed by atoms with Crippen LogP contribution in [0.1, 0.15) is 42.0 Å². The van der Waals surface area contributed by atoms with Crippen LogP contribution < -0.4 is 0 Å². The Labute approximate surface area is 861 Å². The topological polar surface area (TPSA) is 103 Å². The summed E-state index contributed by atoms with van der Waals surface area (Å²) in [5.41, 5.74) is 33.4. The first-order valence-electron chi connectivity index (χ1n) is 44.6. The second kappa shape index (κ2) is 56.8. The van der Waals surface area contributed by atoms with Crippen LogP contribution in [0.2, 0.25) is 0 Å². The van der Waals surface area contributed by atoms with Crippen LogP contribution in [0.25, 0.3) is 146 Å². The van der Waals surface area contributed by atoms with Gasteiger partial charge in [-0.3, -0.25) is 0 Å². The number of hydrogen-bond acceptors (Lipinski definition) is 8. The van der Waals surface area contributed by atoms with E-state index in [-0.39, 0.29) is 80.4 Å². The van der Waals surface area contributed by atoms with E-state index < -0.39 is 0 Å². The molecule has 1 aliphatic carbocycles. The zero-order valence-corrected chi connectivity index (χ0v) is 85.2. The molecule has 0 saturated heterocycles. The Morgan fingerprint density at radius 3 is 0.701 bits per heavy atom. The average Bonchev–Trinajstić information content (AvgIpc) is 0.813. The third-order valence-electron chi connectivity index (χ3n) is 21.6. The molecule has 0 bridgehead atoms. The van der Waals surface area contributed by atoms with Gasteiger partial charge in [0.05, 0.1) is 0 Å². The first-order chi connectivity index (χ1) is 65.9. The number of benzene rings is 13. The molecule has 680 valence electrons. The SMILES string of the molecule is CCc1ccc(-c2[c-]cccc2)nc1.Cc1ccc(-c2[c-]cccc2)nc1.[Ir].[Ir].[Ir].[Ir].[c-]1ccccc1-c1ccc(-c2ccc(-c3ccccc3)cc2)cn1.[c-]1ccccc1-c1ccc(-c2ccc3c(c2)CCCC3)cn1.[c-]1ccccc1-c1ccc(-c2ccccc2)cn1.[c-]1ccccc1-c1ccc(-c2ccccc2)cn1.[c-]1ccccc1-c1ccccn1.[c-]1ccccc1-c1ccccn1. The number of nitrogens with zero attached hydrogens (tertiary/aromatic N) is 8. The van der Waals surface area contributed by atoms with Crippen LogP contribution in [0.15, 0.2) is 486 Å². The van der Waals surface area contributed by atoms with Gasteiger partial charge in [0.25, 0.3) is 0 Å². The molecule has 0 aliphatic heterocycles. The minimum atomic E-state index is 0. The van der Waals surface area contributed by atoms with Crippen LogP contribution in [-0.2, 0) is 99.7 Å². The molecule has 8 nitrogen and oxygen atoms in total. The smallest absolute Gasteiger partial charge is 0.0239 e. The second-order valence-corrected chi connectivity index (χ2v) is 30.9. The van der Waals surface area contributed by atoms with Crippen molar-refractivity contribution in [2.24, 2.45) is 0 Å². The Morgan fingerprint density at radius 1 is 0.197 bits per heavy atom. The maximum Gasteiger partial charge on any atom is 0.0239 e. The van der Waals surface area contributed by atoms with E-state index in [2.05, 4.69) is 229 Å². The van der Waals surface area contributed by atoms with Crippen molar-refractivity contribution < 1.29 is 80.4 Å². The standard InChI is InChI=1S/C23H16N.C21H18N.2C17H12N.C13H12N.C12H10N.2C11H8N.4Ir/c1-3-7-18(8-4-1)19-11-13-20(14-12-19)22-15-16-23(24-17-22)21-9-5-2-6-10-21;1-2-7-17(8-3-1)21-13-12-20(15-22-21)19-11-10-16-6-4-5-9-18(16)14-19;2*1-3-7-14(8-4-1)16-11-12-17(18-13-16)15-9-5-2-6-10-15;1-2-11-8-9-13(14-10-11)12-6-4-3-5-7-12;1-10-7-8-12(13-9-10)11-5-3-2-4-6-11;2*1-2-6-10(7-3-1)11-8-4-5-9-12-11;;;;/h1-9,11-17H;1-3,7,10-15H,4-6,9H2;2*1-9,11-13H;3-6,8-10H,2H2,1H3;2-5,7-9H,1H3;2*1-6,8-9H;;;;/q8*-1;;;;. The summed E-state index contributed by atoms with van der Waals surface area (Å²) in [6.07, 6.45) is 21.2. The van der Waals surface area contributed by atoms with Crippen molar-refractivity contribution >= 4 is 0 Å². The third-order valence-corrected chi connectivity index (χ3v) is 21.6. The quantitative estimate of drug-likeness (QED) is 0.0992. The van der Waals surface area contributed by atoms with E-state index >= 15 is 0 Å². The molecule has 22 rings (SSSR count). The molecule has 0 atom stereocenters. The van der Waals surface area contributed by atoms with Crippen LogP contribution >= 0.6 is 0 Å². The Hall–Kier alpha value is -14.3. The van der Waals surface area contributed by atoms with Crippen molar-refractivity contribution in [1.82, 2.24) is 39.9 Å². The van der Waals surface area contributed by atoms with Gasteiger partial charge in [-0.15, -0.1) is 287 Å². The molecule has 0 unspecified atom stereocenters. The fourth-order valence-electron chi connectivity index (χ4n) is 14.4. The summed E-state index contributed by atoms with van der Waals surface area (Å²) in [4.78, 5) is 35.3. The van der Waals surface area contributed by atoms with E-state index in [4.69, 9.17) is 0 Å². The van der Waals surface area contributed by atoms with E-state index in [0.717, 1.165) is 113 Å². The minimum absolute atomic E-state index is 0. The summed E-state index contributed by atoms with van der Waals surface area (Å²) in [6, 6.07) is 171. The first kappa shape index (κ1) is 103. The van der Waals surface area contributed by atoms with Gasteiger partial charge < -0.3 is 39.9 Å². The van der Waals surface area contributed by atoms with Crippen LogP contribution in [0.5, 0.6) is 0 Å². The molecule has 8 aromatic heterocycles. The monoisotopic (exact) mass is 2480 g/mol. The van der Waals surface area contributed by atoms with Crippen molar-refractivity contribution in [3.05, 3.63) is 557 Å². The van der Waals surface area contributed by atoms with E-state index in [1.54, 1.807) is 12.4 Å². The largest absolute Gasteiger partial charge is 0.305 e. The molecule has 0 saturated carbocycles. The Bertz CT molecular complexity index is 6420. The molecule has 1 aliphatic rings. The van der Waals surface area contributed by atoms with Gasteiger partial charge in [-0.25, -0.2) is 0 Å². The summed E-state index contributed by atoms with van der Waals surface area (Å²) < 4.78 is 0. The molecule has 4 radical (unpaired) electrons. The number of aromatic nitrogens is 8. The molecule has 0 amide bonds. The van der Waals surface area contributed by atoms with Gasteiger partial charge in [-0.05, 0) is 175 Å². The summed E-state index contributed by atoms with van der Waals surface area (Å²) in [5, 5.41) is 0. The van der Waals surface area contributed by atoms with Crippen molar-refractivity contribution in [3.63, 3.8) is 0 Å². The zero-order valence-electron chi connectivity index (χ0n) is 75.6. The molecule has 12 heteroatoms. The van der Waals surface area contributed by atoms with Crippen molar-refractivity contribution in [2.75, 3.05) is 0 Å². The summed E-state index contributed by atoms with van der Waals surface area (Å²) in [7, 11) is 0. The Kier molecular flexibility index (Phi) is 42.7. The molecular formula is C125H96Ir4N8-8. The molecule has 0 fully saturated rings. The zero-order chi connectivity index (χ0) is 90.7. The number of rotatable bonds is 14. The molecule has 8 heterocycles. The predicted molar refractivity (Wildman–Crippen MR) is 546 cm³/mol. The average molecular weight is 2480 g/mol. The van der Waals surface area contributed by atoms with Gasteiger partial charge in [0.2, 0.25) is 0 Å². The van der Waals surface area contributed by atoms with Crippen molar-refractivity contribution in [3.8, 4) is 146 Å². The maximum atomic E-state index is 4.61. The van der Waals surface area contributed by atoms with Gasteiger partial charge in [-0.2, -0.15) is 0 Å². The molecular weight excluding hydrogens is 2380 g/mol. The normalized spacial score (nSPS) is 10.4. The van der Waals surface area contributed by atoms with E-state index in [0.29, 0.717) is 0 Å². The number of pyridine rings is 8. The van der Waals surface area contributed by atoms with Crippen molar-refractivity contribution in [1.29, 1.82) is 0 Å². The molecule has 13 aromatic carbocycles. The van der Waals surface area contributed by atoms with Crippen LogP contribution in [0.4, 0.5) is 0 Å². The molecule has 0 spiro atoms. The first-order valence-corrected chi connectivity index (χ1v) is 44.6.